The van der Waals surface area contributed by atoms with Crippen molar-refractivity contribution in [3.05, 3.63) is 64.7 Å². The van der Waals surface area contributed by atoms with Gasteiger partial charge >= 0.3 is 0 Å². The maximum absolute atomic E-state index is 12.9. The van der Waals surface area contributed by atoms with Crippen molar-refractivity contribution in [3.8, 4) is 0 Å². The number of ether oxygens (including phenoxy) is 1. The Labute approximate surface area is 183 Å². The van der Waals surface area contributed by atoms with Gasteiger partial charge in [-0.25, -0.2) is 0 Å². The average Bonchev–Trinajstić information content (AvgIpc) is 2.82. The third-order valence-corrected chi connectivity index (χ3v) is 6.21. The predicted molar refractivity (Wildman–Crippen MR) is 120 cm³/mol. The molecule has 2 amide bonds. The Kier molecular flexibility index (Phi) is 6.53. The second kappa shape index (κ2) is 9.49. The van der Waals surface area contributed by atoms with Gasteiger partial charge in [0.2, 0.25) is 5.91 Å². The van der Waals surface area contributed by atoms with Gasteiger partial charge in [-0.1, -0.05) is 6.07 Å². The number of primary amides is 1. The van der Waals surface area contributed by atoms with Gasteiger partial charge in [-0.05, 0) is 53.9 Å². The van der Waals surface area contributed by atoms with Crippen molar-refractivity contribution in [2.45, 2.75) is 13.0 Å². The fourth-order valence-electron chi connectivity index (χ4n) is 4.18. The van der Waals surface area contributed by atoms with Crippen LogP contribution in [0.4, 0.5) is 5.69 Å². The molecule has 2 aromatic carbocycles. The molecule has 0 radical (unpaired) electrons. The molecule has 2 aromatic rings. The first-order valence-electron chi connectivity index (χ1n) is 10.8. The first-order chi connectivity index (χ1) is 15.0. The van der Waals surface area contributed by atoms with E-state index < -0.39 is 5.91 Å². The minimum Gasteiger partial charge on any atom is -0.376 e. The monoisotopic (exact) mass is 422 g/mol. The summed E-state index contributed by atoms with van der Waals surface area (Å²) in [4.78, 5) is 30.6. The number of fused-ring (bicyclic) bond motifs is 1. The summed E-state index contributed by atoms with van der Waals surface area (Å²) in [7, 11) is 1.88. The number of benzene rings is 2. The lowest BCUT2D eigenvalue weighted by molar-refractivity contribution is 0.0775. The zero-order valence-electron chi connectivity index (χ0n) is 18.0. The number of nitrogens with two attached hydrogens (primary N) is 1. The number of rotatable bonds is 6. The molecule has 7 nitrogen and oxygen atoms in total. The summed E-state index contributed by atoms with van der Waals surface area (Å²) in [5.41, 5.74) is 10.1. The van der Waals surface area contributed by atoms with Gasteiger partial charge < -0.3 is 20.3 Å². The van der Waals surface area contributed by atoms with Crippen LogP contribution in [-0.2, 0) is 17.8 Å². The molecule has 164 valence electrons. The van der Waals surface area contributed by atoms with Gasteiger partial charge in [0.1, 0.15) is 0 Å². The molecule has 0 unspecified atom stereocenters. The molecule has 0 spiro atoms. The van der Waals surface area contributed by atoms with Crippen LogP contribution in [0.5, 0.6) is 0 Å². The minimum absolute atomic E-state index is 0.0717. The molecule has 0 atom stereocenters. The van der Waals surface area contributed by atoms with Crippen molar-refractivity contribution >= 4 is 17.5 Å². The number of hydrogen-bond acceptors (Lipinski definition) is 5. The van der Waals surface area contributed by atoms with Crippen LogP contribution in [0, 0.1) is 0 Å². The van der Waals surface area contributed by atoms with Gasteiger partial charge in [0.05, 0.1) is 13.2 Å². The highest BCUT2D eigenvalue weighted by Gasteiger charge is 2.20. The summed E-state index contributed by atoms with van der Waals surface area (Å²) in [6, 6.07) is 13.4. The van der Waals surface area contributed by atoms with E-state index in [0.29, 0.717) is 18.7 Å². The van der Waals surface area contributed by atoms with E-state index in [2.05, 4.69) is 9.80 Å². The number of amides is 2. The molecule has 2 heterocycles. The van der Waals surface area contributed by atoms with Crippen LogP contribution in [-0.4, -0.2) is 74.5 Å². The van der Waals surface area contributed by atoms with E-state index in [1.54, 1.807) is 12.1 Å². The number of carbonyl (C=O) groups is 2. The Bertz CT molecular complexity index is 936. The second-order valence-electron chi connectivity index (χ2n) is 8.25. The normalized spacial score (nSPS) is 16.6. The molecule has 1 saturated heterocycles. The van der Waals surface area contributed by atoms with Crippen LogP contribution < -0.4 is 10.6 Å². The van der Waals surface area contributed by atoms with Crippen LogP contribution >= 0.6 is 0 Å². The highest BCUT2D eigenvalue weighted by atomic mass is 16.5. The van der Waals surface area contributed by atoms with Crippen LogP contribution in [0.25, 0.3) is 0 Å². The number of likely N-dealkylation sites (N-methyl/N-ethyl adjacent to an activating group) is 1. The van der Waals surface area contributed by atoms with Gasteiger partial charge in [0.15, 0.2) is 0 Å². The molecular formula is C24H30N4O3. The highest BCUT2D eigenvalue weighted by molar-refractivity contribution is 5.94. The predicted octanol–water partition coefficient (Wildman–Crippen LogP) is 1.75. The Balaban J connectivity index is 1.25. The van der Waals surface area contributed by atoms with Crippen LogP contribution in [0.2, 0.25) is 0 Å². The van der Waals surface area contributed by atoms with Gasteiger partial charge in [0, 0.05) is 63.1 Å². The van der Waals surface area contributed by atoms with Crippen LogP contribution in [0.15, 0.2) is 42.5 Å². The summed E-state index contributed by atoms with van der Waals surface area (Å²) in [6.07, 6.45) is 0.871. The third kappa shape index (κ3) is 5.06. The fraction of sp³-hybridized carbons (Fsp3) is 0.417. The molecule has 2 aliphatic rings. The Morgan fingerprint density at radius 1 is 1.00 bits per heavy atom. The SMILES string of the molecule is CN(CCN1CCN(c2ccc(C(N)=O)cc2)CC1)C(=O)c1ccc2c(c1)CCOC2. The fourth-order valence-corrected chi connectivity index (χ4v) is 4.18. The quantitative estimate of drug-likeness (QED) is 0.767. The van der Waals surface area contributed by atoms with E-state index in [1.807, 2.05) is 42.3 Å². The zero-order chi connectivity index (χ0) is 21.8. The Morgan fingerprint density at radius 3 is 2.42 bits per heavy atom. The van der Waals surface area contributed by atoms with E-state index in [4.69, 9.17) is 10.5 Å². The van der Waals surface area contributed by atoms with Crippen LogP contribution in [0.1, 0.15) is 31.8 Å². The van der Waals surface area contributed by atoms with E-state index >= 15 is 0 Å². The topological polar surface area (TPSA) is 79.1 Å². The number of hydrogen-bond donors (Lipinski definition) is 1. The van der Waals surface area contributed by atoms with Crippen molar-refractivity contribution in [1.82, 2.24) is 9.80 Å². The van der Waals surface area contributed by atoms with Gasteiger partial charge in [-0.15, -0.1) is 0 Å². The summed E-state index contributed by atoms with van der Waals surface area (Å²) in [5, 5.41) is 0. The molecule has 2 N–H and O–H groups in total. The molecule has 4 rings (SSSR count). The average molecular weight is 423 g/mol. The lowest BCUT2D eigenvalue weighted by Crippen LogP contribution is -2.48. The molecule has 0 aliphatic carbocycles. The summed E-state index contributed by atoms with van der Waals surface area (Å²) in [6.45, 7) is 6.64. The summed E-state index contributed by atoms with van der Waals surface area (Å²) >= 11 is 0. The molecule has 0 bridgehead atoms. The first-order valence-corrected chi connectivity index (χ1v) is 10.8. The van der Waals surface area contributed by atoms with Gasteiger partial charge in [-0.2, -0.15) is 0 Å². The largest absolute Gasteiger partial charge is 0.376 e. The maximum atomic E-state index is 12.9. The maximum Gasteiger partial charge on any atom is 0.253 e. The highest BCUT2D eigenvalue weighted by Crippen LogP contribution is 2.20. The summed E-state index contributed by atoms with van der Waals surface area (Å²) < 4.78 is 5.48. The Morgan fingerprint density at radius 2 is 1.71 bits per heavy atom. The third-order valence-electron chi connectivity index (χ3n) is 6.21. The molecule has 7 heteroatoms. The van der Waals surface area contributed by atoms with Gasteiger partial charge in [-0.3, -0.25) is 14.5 Å². The van der Waals surface area contributed by atoms with E-state index in [1.165, 1.54) is 11.1 Å². The first kappa shape index (κ1) is 21.3. The standard InChI is InChI=1S/C24H30N4O3/c1-26(24(30)20-2-3-21-17-31-15-8-19(21)16-20)9-10-27-11-13-28(14-12-27)22-6-4-18(5-7-22)23(25)29/h2-7,16H,8-15,17H2,1H3,(H2,25,29). The van der Waals surface area contributed by atoms with Crippen molar-refractivity contribution in [3.63, 3.8) is 0 Å². The Hall–Kier alpha value is -2.90. The molecule has 31 heavy (non-hydrogen) atoms. The van der Waals surface area contributed by atoms with Crippen molar-refractivity contribution in [1.29, 1.82) is 0 Å². The summed E-state index contributed by atoms with van der Waals surface area (Å²) in [5.74, 6) is -0.332. The number of piperazine rings is 1. The minimum atomic E-state index is -0.403. The molecular weight excluding hydrogens is 392 g/mol. The lowest BCUT2D eigenvalue weighted by atomic mass is 10.00. The zero-order valence-corrected chi connectivity index (χ0v) is 18.0. The molecule has 0 aromatic heterocycles. The van der Waals surface area contributed by atoms with Crippen molar-refractivity contribution in [2.75, 3.05) is 57.8 Å². The van der Waals surface area contributed by atoms with Crippen molar-refractivity contribution in [2.24, 2.45) is 5.73 Å². The van der Waals surface area contributed by atoms with E-state index in [9.17, 15) is 9.59 Å². The van der Waals surface area contributed by atoms with Gasteiger partial charge in [0.25, 0.3) is 5.91 Å². The second-order valence-corrected chi connectivity index (χ2v) is 8.25. The van der Waals surface area contributed by atoms with E-state index in [0.717, 1.165) is 57.0 Å². The number of anilines is 1. The number of carbonyl (C=O) groups excluding carboxylic acids is 2. The smallest absolute Gasteiger partial charge is 0.253 e. The molecule has 0 saturated carbocycles. The van der Waals surface area contributed by atoms with Crippen LogP contribution in [0.3, 0.4) is 0 Å². The number of nitrogens with zero attached hydrogens (tertiary/aromatic N) is 3. The molecule has 2 aliphatic heterocycles. The van der Waals surface area contributed by atoms with Crippen molar-refractivity contribution < 1.29 is 14.3 Å². The lowest BCUT2D eigenvalue weighted by Gasteiger charge is -2.36. The van der Waals surface area contributed by atoms with E-state index in [-0.39, 0.29) is 5.91 Å². The molecule has 1 fully saturated rings.